The highest BCUT2D eigenvalue weighted by molar-refractivity contribution is 5.98. The van der Waals surface area contributed by atoms with Crippen molar-refractivity contribution in [2.24, 2.45) is 5.41 Å². The summed E-state index contributed by atoms with van der Waals surface area (Å²) < 4.78 is 6.95. The van der Waals surface area contributed by atoms with Gasteiger partial charge in [-0.3, -0.25) is 9.59 Å². The maximum Gasteiger partial charge on any atom is 0.307 e. The summed E-state index contributed by atoms with van der Waals surface area (Å²) in [5.74, 6) is 0.0208. The molecule has 0 fully saturated rings. The number of fused-ring (bicyclic) bond motifs is 1. The second-order valence-corrected chi connectivity index (χ2v) is 5.87. The van der Waals surface area contributed by atoms with Crippen LogP contribution in [0, 0.1) is 5.41 Å². The number of nitrogens with zero attached hydrogens (tertiary/aromatic N) is 1. The second kappa shape index (κ2) is 5.19. The molecule has 0 unspecified atom stereocenters. The van der Waals surface area contributed by atoms with Gasteiger partial charge in [0.05, 0.1) is 13.0 Å². The zero-order valence-electron chi connectivity index (χ0n) is 11.9. The zero-order valence-corrected chi connectivity index (χ0v) is 11.9. The van der Waals surface area contributed by atoms with Crippen molar-refractivity contribution in [3.63, 3.8) is 0 Å². The van der Waals surface area contributed by atoms with E-state index in [1.165, 1.54) is 0 Å². The van der Waals surface area contributed by atoms with Gasteiger partial charge in [-0.25, -0.2) is 0 Å². The summed E-state index contributed by atoms with van der Waals surface area (Å²) in [6.45, 7) is 7.01. The van der Waals surface area contributed by atoms with Crippen molar-refractivity contribution in [3.05, 3.63) is 23.5 Å². The van der Waals surface area contributed by atoms with Gasteiger partial charge in [-0.2, -0.15) is 0 Å². The molecule has 1 aliphatic carbocycles. The summed E-state index contributed by atoms with van der Waals surface area (Å²) in [5.41, 5.74) is 1.89. The largest absolute Gasteiger partial charge is 0.466 e. The number of ketones is 1. The van der Waals surface area contributed by atoms with E-state index in [4.69, 9.17) is 4.74 Å². The van der Waals surface area contributed by atoms with E-state index in [9.17, 15) is 9.59 Å². The van der Waals surface area contributed by atoms with Crippen molar-refractivity contribution >= 4 is 11.8 Å². The molecule has 4 nitrogen and oxygen atoms in total. The highest BCUT2D eigenvalue weighted by Gasteiger charge is 2.32. The average molecular weight is 263 g/mol. The molecule has 1 aromatic rings. The van der Waals surface area contributed by atoms with Crippen LogP contribution in [-0.2, 0) is 22.5 Å². The standard InChI is InChI=1S/C15H21NO3/c1-4-19-14(18)6-8-16-7-5-11-12(16)9-15(2,3)10-13(11)17/h5,7H,4,6,8-10H2,1-3H3. The predicted octanol–water partition coefficient (Wildman–Crippen LogP) is 2.60. The molecule has 1 aromatic heterocycles. The van der Waals surface area contributed by atoms with Gasteiger partial charge in [-0.05, 0) is 24.8 Å². The van der Waals surface area contributed by atoms with E-state index in [-0.39, 0.29) is 17.2 Å². The minimum Gasteiger partial charge on any atom is -0.466 e. The van der Waals surface area contributed by atoms with Crippen molar-refractivity contribution in [1.29, 1.82) is 0 Å². The number of carbonyl (C=O) groups excluding carboxylic acids is 2. The fourth-order valence-electron chi connectivity index (χ4n) is 2.66. The molecule has 0 saturated carbocycles. The molecule has 0 N–H and O–H groups in total. The van der Waals surface area contributed by atoms with Crippen LogP contribution in [0.4, 0.5) is 0 Å². The number of carbonyl (C=O) groups is 2. The molecule has 1 aliphatic rings. The third-order valence-electron chi connectivity index (χ3n) is 3.53. The first kappa shape index (κ1) is 13.8. The van der Waals surface area contributed by atoms with Crippen molar-refractivity contribution in [1.82, 2.24) is 4.57 Å². The van der Waals surface area contributed by atoms with Gasteiger partial charge in [0.1, 0.15) is 0 Å². The van der Waals surface area contributed by atoms with E-state index in [1.54, 1.807) is 6.92 Å². The lowest BCUT2D eigenvalue weighted by atomic mass is 9.76. The lowest BCUT2D eigenvalue weighted by molar-refractivity contribution is -0.143. The Hall–Kier alpha value is -1.58. The van der Waals surface area contributed by atoms with E-state index in [1.807, 2.05) is 16.8 Å². The zero-order chi connectivity index (χ0) is 14.0. The average Bonchev–Trinajstić information content (AvgIpc) is 2.68. The first-order valence-corrected chi connectivity index (χ1v) is 6.80. The Kier molecular flexibility index (Phi) is 3.78. The van der Waals surface area contributed by atoms with E-state index < -0.39 is 0 Å². The minimum atomic E-state index is -0.189. The van der Waals surface area contributed by atoms with Crippen LogP contribution in [0.5, 0.6) is 0 Å². The predicted molar refractivity (Wildman–Crippen MR) is 72.1 cm³/mol. The summed E-state index contributed by atoms with van der Waals surface area (Å²) in [6.07, 6.45) is 3.73. The van der Waals surface area contributed by atoms with Crippen molar-refractivity contribution in [3.8, 4) is 0 Å². The summed E-state index contributed by atoms with van der Waals surface area (Å²) in [6, 6.07) is 1.87. The molecule has 0 aromatic carbocycles. The lowest BCUT2D eigenvalue weighted by Crippen LogP contribution is -2.28. The van der Waals surface area contributed by atoms with E-state index in [0.717, 1.165) is 17.7 Å². The number of ether oxygens (including phenoxy) is 1. The quantitative estimate of drug-likeness (QED) is 0.784. The van der Waals surface area contributed by atoms with Gasteiger partial charge in [0.2, 0.25) is 0 Å². The minimum absolute atomic E-state index is 0.00408. The Morgan fingerprint density at radius 3 is 2.84 bits per heavy atom. The molecular weight excluding hydrogens is 242 g/mol. The molecule has 0 aliphatic heterocycles. The van der Waals surface area contributed by atoms with Gasteiger partial charge in [0.15, 0.2) is 5.78 Å². The van der Waals surface area contributed by atoms with Gasteiger partial charge >= 0.3 is 5.97 Å². The number of aryl methyl sites for hydroxylation is 1. The first-order valence-electron chi connectivity index (χ1n) is 6.80. The van der Waals surface area contributed by atoms with Crippen LogP contribution in [-0.4, -0.2) is 22.9 Å². The molecule has 19 heavy (non-hydrogen) atoms. The number of Topliss-reactive ketones (excluding diaryl/α,β-unsaturated/α-hetero) is 1. The van der Waals surface area contributed by atoms with Crippen molar-refractivity contribution in [2.75, 3.05) is 6.61 Å². The highest BCUT2D eigenvalue weighted by atomic mass is 16.5. The number of esters is 1. The molecule has 2 rings (SSSR count). The fourth-order valence-corrected chi connectivity index (χ4v) is 2.66. The molecule has 104 valence electrons. The van der Waals surface area contributed by atoms with Gasteiger partial charge in [-0.15, -0.1) is 0 Å². The van der Waals surface area contributed by atoms with Crippen LogP contribution in [0.2, 0.25) is 0 Å². The van der Waals surface area contributed by atoms with Crippen LogP contribution < -0.4 is 0 Å². The molecule has 0 amide bonds. The SMILES string of the molecule is CCOC(=O)CCn1ccc2c1CC(C)(C)CC2=O. The molecule has 0 saturated heterocycles. The van der Waals surface area contributed by atoms with Gasteiger partial charge < -0.3 is 9.30 Å². The number of rotatable bonds is 4. The highest BCUT2D eigenvalue weighted by Crippen LogP contribution is 2.35. The van der Waals surface area contributed by atoms with Gasteiger partial charge in [0.25, 0.3) is 0 Å². The van der Waals surface area contributed by atoms with E-state index in [2.05, 4.69) is 13.8 Å². The van der Waals surface area contributed by atoms with Gasteiger partial charge in [0, 0.05) is 30.4 Å². The smallest absolute Gasteiger partial charge is 0.307 e. The Bertz CT molecular complexity index is 499. The molecule has 0 spiro atoms. The third-order valence-corrected chi connectivity index (χ3v) is 3.53. The maximum atomic E-state index is 12.1. The lowest BCUT2D eigenvalue weighted by Gasteiger charge is -2.29. The summed E-state index contributed by atoms with van der Waals surface area (Å²) in [5, 5.41) is 0. The molecule has 0 bridgehead atoms. The summed E-state index contributed by atoms with van der Waals surface area (Å²) >= 11 is 0. The van der Waals surface area contributed by atoms with Crippen molar-refractivity contribution in [2.45, 2.75) is 46.6 Å². The van der Waals surface area contributed by atoms with Crippen molar-refractivity contribution < 1.29 is 14.3 Å². The Morgan fingerprint density at radius 1 is 1.42 bits per heavy atom. The number of hydrogen-bond acceptors (Lipinski definition) is 3. The van der Waals surface area contributed by atoms with Crippen LogP contribution in [0.1, 0.15) is 49.7 Å². The Labute approximate surface area is 113 Å². The molecular formula is C15H21NO3. The van der Waals surface area contributed by atoms with Crippen LogP contribution in [0.15, 0.2) is 12.3 Å². The van der Waals surface area contributed by atoms with Crippen LogP contribution in [0.3, 0.4) is 0 Å². The van der Waals surface area contributed by atoms with E-state index in [0.29, 0.717) is 26.0 Å². The first-order chi connectivity index (χ1) is 8.93. The van der Waals surface area contributed by atoms with Gasteiger partial charge in [-0.1, -0.05) is 13.8 Å². The van der Waals surface area contributed by atoms with E-state index >= 15 is 0 Å². The molecule has 0 atom stereocenters. The normalized spacial score (nSPS) is 17.1. The Morgan fingerprint density at radius 2 is 2.16 bits per heavy atom. The Balaban J connectivity index is 2.12. The summed E-state index contributed by atoms with van der Waals surface area (Å²) in [4.78, 5) is 23.4. The second-order valence-electron chi connectivity index (χ2n) is 5.87. The van der Waals surface area contributed by atoms with Crippen LogP contribution >= 0.6 is 0 Å². The van der Waals surface area contributed by atoms with Crippen LogP contribution in [0.25, 0.3) is 0 Å². The summed E-state index contributed by atoms with van der Waals surface area (Å²) in [7, 11) is 0. The fraction of sp³-hybridized carbons (Fsp3) is 0.600. The monoisotopic (exact) mass is 263 g/mol. The molecule has 0 radical (unpaired) electrons. The molecule has 4 heteroatoms. The third kappa shape index (κ3) is 3.06. The maximum absolute atomic E-state index is 12.1. The number of hydrogen-bond donors (Lipinski definition) is 0. The number of aromatic nitrogens is 1. The topological polar surface area (TPSA) is 48.3 Å². The molecule has 1 heterocycles.